The van der Waals surface area contributed by atoms with Crippen LogP contribution in [-0.4, -0.2) is 21.0 Å². The van der Waals surface area contributed by atoms with Crippen LogP contribution in [0.1, 0.15) is 10.4 Å². The summed E-state index contributed by atoms with van der Waals surface area (Å²) in [4.78, 5) is 20.6. The van der Waals surface area contributed by atoms with E-state index in [9.17, 15) is 4.79 Å². The fraction of sp³-hybridized carbons (Fsp3) is 0. The summed E-state index contributed by atoms with van der Waals surface area (Å²) in [6.07, 6.45) is 1.66. The van der Waals surface area contributed by atoms with E-state index in [0.717, 1.165) is 11.0 Å². The van der Waals surface area contributed by atoms with Crippen molar-refractivity contribution >= 4 is 28.8 Å². The third-order valence-corrected chi connectivity index (χ3v) is 3.74. The molecule has 0 aliphatic rings. The number of carbonyl (C=O) groups is 1. The second-order valence-electron chi connectivity index (χ2n) is 4.10. The molecule has 98 valence electrons. The van der Waals surface area contributed by atoms with Crippen molar-refractivity contribution in [2.45, 2.75) is 9.92 Å². The summed E-state index contributed by atoms with van der Waals surface area (Å²) < 4.78 is 0. The van der Waals surface area contributed by atoms with E-state index in [1.54, 1.807) is 24.4 Å². The molecule has 0 saturated carbocycles. The number of benzene rings is 2. The molecule has 20 heavy (non-hydrogen) atoms. The normalized spacial score (nSPS) is 10.6. The first-order valence-corrected chi connectivity index (χ1v) is 6.77. The van der Waals surface area contributed by atoms with Crippen molar-refractivity contribution in [2.24, 2.45) is 0 Å². The summed E-state index contributed by atoms with van der Waals surface area (Å²) in [6, 6.07) is 14.4. The molecule has 0 unspecified atom stereocenters. The van der Waals surface area contributed by atoms with Gasteiger partial charge in [-0.15, -0.1) is 0 Å². The number of para-hydroxylation sites is 2. The predicted molar refractivity (Wildman–Crippen MR) is 77.1 cm³/mol. The van der Waals surface area contributed by atoms with Gasteiger partial charge in [0.1, 0.15) is 5.03 Å². The maximum atomic E-state index is 11.2. The molecule has 0 amide bonds. The number of rotatable bonds is 3. The Labute approximate surface area is 119 Å². The first-order chi connectivity index (χ1) is 9.74. The van der Waals surface area contributed by atoms with Crippen molar-refractivity contribution in [3.63, 3.8) is 0 Å². The van der Waals surface area contributed by atoms with E-state index in [-0.39, 0.29) is 5.56 Å². The van der Waals surface area contributed by atoms with Gasteiger partial charge in [-0.3, -0.25) is 4.98 Å². The van der Waals surface area contributed by atoms with Gasteiger partial charge in [-0.25, -0.2) is 9.78 Å². The lowest BCUT2D eigenvalue weighted by Gasteiger charge is -2.05. The van der Waals surface area contributed by atoms with Gasteiger partial charge in [-0.05, 0) is 24.3 Å². The Kier molecular flexibility index (Phi) is 3.35. The van der Waals surface area contributed by atoms with Crippen LogP contribution in [0.4, 0.5) is 0 Å². The van der Waals surface area contributed by atoms with Gasteiger partial charge in [-0.2, -0.15) is 0 Å². The number of aromatic nitrogens is 2. The van der Waals surface area contributed by atoms with E-state index < -0.39 is 5.97 Å². The lowest BCUT2D eigenvalue weighted by atomic mass is 10.2. The average molecular weight is 282 g/mol. The molecular formula is C15H10N2O2S. The summed E-state index contributed by atoms with van der Waals surface area (Å²) in [5.41, 5.74) is 1.89. The molecule has 0 fully saturated rings. The second-order valence-corrected chi connectivity index (χ2v) is 5.16. The number of carboxylic acids is 1. The zero-order chi connectivity index (χ0) is 13.9. The van der Waals surface area contributed by atoms with Gasteiger partial charge >= 0.3 is 5.97 Å². The fourth-order valence-electron chi connectivity index (χ4n) is 1.83. The van der Waals surface area contributed by atoms with E-state index >= 15 is 0 Å². The minimum atomic E-state index is -0.943. The SMILES string of the molecule is O=C(O)c1ccccc1Sc1cnc2ccccc2n1. The molecule has 5 heteroatoms. The molecular weight excluding hydrogens is 272 g/mol. The van der Waals surface area contributed by atoms with E-state index in [1.807, 2.05) is 30.3 Å². The van der Waals surface area contributed by atoms with E-state index in [2.05, 4.69) is 9.97 Å². The van der Waals surface area contributed by atoms with Crippen molar-refractivity contribution in [2.75, 3.05) is 0 Å². The first kappa shape index (κ1) is 12.6. The van der Waals surface area contributed by atoms with Crippen LogP contribution in [-0.2, 0) is 0 Å². The van der Waals surface area contributed by atoms with Crippen LogP contribution >= 0.6 is 11.8 Å². The second kappa shape index (κ2) is 5.30. The Morgan fingerprint density at radius 2 is 1.70 bits per heavy atom. The minimum absolute atomic E-state index is 0.271. The quantitative estimate of drug-likeness (QED) is 0.796. The Balaban J connectivity index is 1.99. The van der Waals surface area contributed by atoms with Gasteiger partial charge in [0.05, 0.1) is 22.8 Å². The molecule has 1 N–H and O–H groups in total. The van der Waals surface area contributed by atoms with E-state index in [1.165, 1.54) is 11.8 Å². The summed E-state index contributed by atoms with van der Waals surface area (Å²) in [5.74, 6) is -0.943. The molecule has 0 saturated heterocycles. The monoisotopic (exact) mass is 282 g/mol. The van der Waals surface area contributed by atoms with Crippen LogP contribution in [0.15, 0.2) is 64.6 Å². The van der Waals surface area contributed by atoms with Crippen molar-refractivity contribution < 1.29 is 9.90 Å². The number of hydrogen-bond donors (Lipinski definition) is 1. The molecule has 3 aromatic rings. The van der Waals surface area contributed by atoms with Crippen LogP contribution in [0.3, 0.4) is 0 Å². The van der Waals surface area contributed by atoms with Gasteiger partial charge in [-0.1, -0.05) is 36.0 Å². The Bertz CT molecular complexity index is 789. The third kappa shape index (κ3) is 2.48. The topological polar surface area (TPSA) is 63.1 Å². The molecule has 0 atom stereocenters. The van der Waals surface area contributed by atoms with Gasteiger partial charge in [0.2, 0.25) is 0 Å². The van der Waals surface area contributed by atoms with E-state index in [0.29, 0.717) is 9.92 Å². The highest BCUT2D eigenvalue weighted by atomic mass is 32.2. The largest absolute Gasteiger partial charge is 0.478 e. The van der Waals surface area contributed by atoms with Gasteiger partial charge in [0.25, 0.3) is 0 Å². The number of fused-ring (bicyclic) bond motifs is 1. The van der Waals surface area contributed by atoms with Crippen molar-refractivity contribution in [1.82, 2.24) is 9.97 Å². The molecule has 0 spiro atoms. The van der Waals surface area contributed by atoms with Crippen molar-refractivity contribution in [3.8, 4) is 0 Å². The van der Waals surface area contributed by atoms with Gasteiger partial charge < -0.3 is 5.11 Å². The molecule has 0 aliphatic heterocycles. The third-order valence-electron chi connectivity index (χ3n) is 2.76. The van der Waals surface area contributed by atoms with Crippen LogP contribution in [0.2, 0.25) is 0 Å². The highest BCUT2D eigenvalue weighted by Gasteiger charge is 2.11. The number of nitrogens with zero attached hydrogens (tertiary/aromatic N) is 2. The van der Waals surface area contributed by atoms with Crippen LogP contribution in [0.25, 0.3) is 11.0 Å². The standard InChI is InChI=1S/C15H10N2O2S/c18-15(19)10-5-1-4-8-13(10)20-14-9-16-11-6-2-3-7-12(11)17-14/h1-9H,(H,18,19). The number of aromatic carboxylic acids is 1. The molecule has 0 bridgehead atoms. The molecule has 0 radical (unpaired) electrons. The summed E-state index contributed by atoms with van der Waals surface area (Å²) in [7, 11) is 0. The Morgan fingerprint density at radius 1 is 1.00 bits per heavy atom. The molecule has 1 aromatic heterocycles. The van der Waals surface area contributed by atoms with Gasteiger partial charge in [0, 0.05) is 4.90 Å². The smallest absolute Gasteiger partial charge is 0.336 e. The van der Waals surface area contributed by atoms with Crippen molar-refractivity contribution in [3.05, 3.63) is 60.3 Å². The van der Waals surface area contributed by atoms with Crippen LogP contribution < -0.4 is 0 Å². The molecule has 2 aromatic carbocycles. The number of hydrogen-bond acceptors (Lipinski definition) is 4. The lowest BCUT2D eigenvalue weighted by molar-refractivity contribution is 0.0693. The molecule has 1 heterocycles. The minimum Gasteiger partial charge on any atom is -0.478 e. The number of carboxylic acid groups (broad SMARTS) is 1. The van der Waals surface area contributed by atoms with Crippen LogP contribution in [0.5, 0.6) is 0 Å². The lowest BCUT2D eigenvalue weighted by Crippen LogP contribution is -1.98. The molecule has 3 rings (SSSR count). The Morgan fingerprint density at radius 3 is 2.50 bits per heavy atom. The highest BCUT2D eigenvalue weighted by molar-refractivity contribution is 7.99. The van der Waals surface area contributed by atoms with Crippen molar-refractivity contribution in [1.29, 1.82) is 0 Å². The zero-order valence-corrected chi connectivity index (χ0v) is 11.2. The maximum absolute atomic E-state index is 11.2. The van der Waals surface area contributed by atoms with Crippen LogP contribution in [0, 0.1) is 0 Å². The molecule has 4 nitrogen and oxygen atoms in total. The highest BCUT2D eigenvalue weighted by Crippen LogP contribution is 2.29. The Hall–Kier alpha value is -2.40. The fourth-order valence-corrected chi connectivity index (χ4v) is 2.72. The summed E-state index contributed by atoms with van der Waals surface area (Å²) >= 11 is 1.30. The molecule has 0 aliphatic carbocycles. The van der Waals surface area contributed by atoms with E-state index in [4.69, 9.17) is 5.11 Å². The summed E-state index contributed by atoms with van der Waals surface area (Å²) in [5, 5.41) is 9.84. The zero-order valence-electron chi connectivity index (χ0n) is 10.4. The van der Waals surface area contributed by atoms with Gasteiger partial charge in [0.15, 0.2) is 0 Å². The average Bonchev–Trinajstić information content (AvgIpc) is 2.47. The first-order valence-electron chi connectivity index (χ1n) is 5.96. The summed E-state index contributed by atoms with van der Waals surface area (Å²) in [6.45, 7) is 0. The predicted octanol–water partition coefficient (Wildman–Crippen LogP) is 3.48. The maximum Gasteiger partial charge on any atom is 0.336 e.